The molecule has 0 aliphatic heterocycles. The number of hydrogen-bond acceptors (Lipinski definition) is 3. The molecule has 1 saturated carbocycles. The number of aliphatic carboxylic acids is 1. The van der Waals surface area contributed by atoms with Crippen LogP contribution in [0.3, 0.4) is 0 Å². The molecule has 0 heterocycles. The van der Waals surface area contributed by atoms with Crippen molar-refractivity contribution in [2.24, 2.45) is 0 Å². The van der Waals surface area contributed by atoms with E-state index in [1.54, 1.807) is 7.05 Å². The molecule has 1 atom stereocenters. The zero-order valence-electron chi connectivity index (χ0n) is 8.66. The first-order chi connectivity index (χ1) is 6.74. The van der Waals surface area contributed by atoms with Gasteiger partial charge in [0, 0.05) is 5.25 Å². The van der Waals surface area contributed by atoms with Crippen molar-refractivity contribution >= 4 is 17.7 Å². The molecule has 3 nitrogen and oxygen atoms in total. The molecule has 0 aromatic rings. The second kappa shape index (κ2) is 6.30. The number of carbonyl (C=O) groups is 1. The van der Waals surface area contributed by atoms with Crippen LogP contribution in [-0.4, -0.2) is 35.2 Å². The number of rotatable bonds is 6. The number of hydrogen-bond donors (Lipinski definition) is 2. The van der Waals surface area contributed by atoms with Crippen LogP contribution in [0.5, 0.6) is 0 Å². The highest BCUT2D eigenvalue weighted by atomic mass is 32.2. The van der Waals surface area contributed by atoms with Gasteiger partial charge in [-0.1, -0.05) is 12.8 Å². The lowest BCUT2D eigenvalue weighted by atomic mass is 10.2. The molecule has 4 heteroatoms. The first kappa shape index (κ1) is 11.9. The summed E-state index contributed by atoms with van der Waals surface area (Å²) in [5, 5.41) is 12.4. The van der Waals surface area contributed by atoms with Gasteiger partial charge in [0.05, 0.1) is 0 Å². The first-order valence-corrected chi connectivity index (χ1v) is 6.30. The Morgan fingerprint density at radius 3 is 2.71 bits per heavy atom. The third-order valence-electron chi connectivity index (χ3n) is 2.71. The maximum atomic E-state index is 10.7. The van der Waals surface area contributed by atoms with E-state index in [0.29, 0.717) is 0 Å². The Hall–Kier alpha value is -0.220. The van der Waals surface area contributed by atoms with E-state index in [0.717, 1.165) is 17.4 Å². The molecule has 0 spiro atoms. The van der Waals surface area contributed by atoms with Crippen molar-refractivity contribution in [3.05, 3.63) is 0 Å². The zero-order chi connectivity index (χ0) is 10.4. The summed E-state index contributed by atoms with van der Waals surface area (Å²) in [6, 6.07) is -0.371. The third kappa shape index (κ3) is 3.88. The highest BCUT2D eigenvalue weighted by Crippen LogP contribution is 2.29. The maximum absolute atomic E-state index is 10.7. The smallest absolute Gasteiger partial charge is 0.320 e. The van der Waals surface area contributed by atoms with Gasteiger partial charge < -0.3 is 10.4 Å². The third-order valence-corrected chi connectivity index (χ3v) is 4.12. The van der Waals surface area contributed by atoms with Crippen LogP contribution in [0.4, 0.5) is 0 Å². The van der Waals surface area contributed by atoms with Gasteiger partial charge in [-0.25, -0.2) is 0 Å². The molecular formula is C10H19NO2S. The second-order valence-corrected chi connectivity index (χ2v) is 5.15. The topological polar surface area (TPSA) is 49.3 Å². The Labute approximate surface area is 89.6 Å². The number of nitrogens with one attached hydrogen (secondary N) is 1. The second-order valence-electron chi connectivity index (χ2n) is 3.75. The van der Waals surface area contributed by atoms with Crippen LogP contribution in [0.15, 0.2) is 0 Å². The molecule has 1 unspecified atom stereocenters. The molecule has 1 aliphatic rings. The number of carboxylic acid groups (broad SMARTS) is 1. The number of thioether (sulfide) groups is 1. The molecule has 0 aromatic carbocycles. The standard InChI is InChI=1S/C10H19NO2S/c1-11-9(10(12)13)6-7-14-8-4-2-3-5-8/h8-9,11H,2-7H2,1H3,(H,12,13). The van der Waals surface area contributed by atoms with Gasteiger partial charge in [-0.15, -0.1) is 0 Å². The zero-order valence-corrected chi connectivity index (χ0v) is 9.48. The molecule has 0 aromatic heterocycles. The SMILES string of the molecule is CNC(CCSC1CCCC1)C(=O)O. The summed E-state index contributed by atoms with van der Waals surface area (Å²) in [5.41, 5.74) is 0. The van der Waals surface area contributed by atoms with E-state index in [2.05, 4.69) is 5.32 Å². The summed E-state index contributed by atoms with van der Waals surface area (Å²) in [5.74, 6) is 0.224. The number of carboxylic acids is 1. The van der Waals surface area contributed by atoms with Gasteiger partial charge in [-0.3, -0.25) is 4.79 Å². The van der Waals surface area contributed by atoms with Gasteiger partial charge in [0.25, 0.3) is 0 Å². The van der Waals surface area contributed by atoms with Crippen LogP contribution in [0, 0.1) is 0 Å². The van der Waals surface area contributed by atoms with Gasteiger partial charge in [0.2, 0.25) is 0 Å². The normalized spacial score (nSPS) is 19.8. The lowest BCUT2D eigenvalue weighted by molar-refractivity contribution is -0.139. The lowest BCUT2D eigenvalue weighted by Crippen LogP contribution is -2.34. The van der Waals surface area contributed by atoms with E-state index in [-0.39, 0.29) is 6.04 Å². The van der Waals surface area contributed by atoms with Crippen molar-refractivity contribution in [3.8, 4) is 0 Å². The average molecular weight is 217 g/mol. The fraction of sp³-hybridized carbons (Fsp3) is 0.900. The maximum Gasteiger partial charge on any atom is 0.320 e. The highest BCUT2D eigenvalue weighted by Gasteiger charge is 2.18. The highest BCUT2D eigenvalue weighted by molar-refractivity contribution is 7.99. The Balaban J connectivity index is 2.09. The fourth-order valence-electron chi connectivity index (χ4n) is 1.80. The Morgan fingerprint density at radius 1 is 1.57 bits per heavy atom. The van der Waals surface area contributed by atoms with Crippen LogP contribution < -0.4 is 5.32 Å². The first-order valence-electron chi connectivity index (χ1n) is 5.25. The van der Waals surface area contributed by atoms with Gasteiger partial charge in [-0.05, 0) is 32.1 Å². The molecule has 1 aliphatic carbocycles. The minimum Gasteiger partial charge on any atom is -0.480 e. The molecule has 0 bridgehead atoms. The van der Waals surface area contributed by atoms with Crippen LogP contribution in [0.1, 0.15) is 32.1 Å². The van der Waals surface area contributed by atoms with Crippen molar-refractivity contribution < 1.29 is 9.90 Å². The average Bonchev–Trinajstić information content (AvgIpc) is 2.64. The fourth-order valence-corrected chi connectivity index (χ4v) is 3.17. The van der Waals surface area contributed by atoms with Crippen molar-refractivity contribution in [1.82, 2.24) is 5.32 Å². The van der Waals surface area contributed by atoms with E-state index in [1.807, 2.05) is 11.8 Å². The van der Waals surface area contributed by atoms with Crippen molar-refractivity contribution in [3.63, 3.8) is 0 Å². The largest absolute Gasteiger partial charge is 0.480 e. The van der Waals surface area contributed by atoms with Gasteiger partial charge in [-0.2, -0.15) is 11.8 Å². The number of likely N-dealkylation sites (N-methyl/N-ethyl adjacent to an activating group) is 1. The van der Waals surface area contributed by atoms with Crippen LogP contribution in [-0.2, 0) is 4.79 Å². The summed E-state index contributed by atoms with van der Waals surface area (Å²) in [6.07, 6.45) is 6.08. The van der Waals surface area contributed by atoms with Crippen LogP contribution >= 0.6 is 11.8 Å². The van der Waals surface area contributed by atoms with Crippen molar-refractivity contribution in [2.75, 3.05) is 12.8 Å². The molecule has 82 valence electrons. The van der Waals surface area contributed by atoms with E-state index in [1.165, 1.54) is 25.7 Å². The minimum atomic E-state index is -0.737. The summed E-state index contributed by atoms with van der Waals surface area (Å²) in [4.78, 5) is 10.7. The molecule has 1 fully saturated rings. The predicted molar refractivity (Wildman–Crippen MR) is 59.8 cm³/mol. The summed E-state index contributed by atoms with van der Waals surface area (Å²) >= 11 is 1.94. The molecule has 0 saturated heterocycles. The van der Waals surface area contributed by atoms with Crippen LogP contribution in [0.25, 0.3) is 0 Å². The van der Waals surface area contributed by atoms with E-state index in [4.69, 9.17) is 5.11 Å². The quantitative estimate of drug-likeness (QED) is 0.711. The summed E-state index contributed by atoms with van der Waals surface area (Å²) < 4.78 is 0. The molecular weight excluding hydrogens is 198 g/mol. The molecule has 14 heavy (non-hydrogen) atoms. The molecule has 0 amide bonds. The van der Waals surface area contributed by atoms with E-state index < -0.39 is 5.97 Å². The minimum absolute atomic E-state index is 0.371. The predicted octanol–water partition coefficient (Wildman–Crippen LogP) is 1.72. The van der Waals surface area contributed by atoms with E-state index in [9.17, 15) is 4.79 Å². The summed E-state index contributed by atoms with van der Waals surface area (Å²) in [7, 11) is 1.71. The molecule has 0 radical (unpaired) electrons. The monoisotopic (exact) mass is 217 g/mol. The summed E-state index contributed by atoms with van der Waals surface area (Å²) in [6.45, 7) is 0. The Bertz CT molecular complexity index is 181. The van der Waals surface area contributed by atoms with Gasteiger partial charge in [0.1, 0.15) is 6.04 Å². The van der Waals surface area contributed by atoms with Crippen molar-refractivity contribution in [1.29, 1.82) is 0 Å². The lowest BCUT2D eigenvalue weighted by Gasteiger charge is -2.12. The van der Waals surface area contributed by atoms with Gasteiger partial charge >= 0.3 is 5.97 Å². The van der Waals surface area contributed by atoms with Crippen LogP contribution in [0.2, 0.25) is 0 Å². The molecule has 2 N–H and O–H groups in total. The molecule has 1 rings (SSSR count). The Morgan fingerprint density at radius 2 is 2.21 bits per heavy atom. The van der Waals surface area contributed by atoms with Gasteiger partial charge in [0.15, 0.2) is 0 Å². The Kier molecular flexibility index (Phi) is 5.33. The van der Waals surface area contributed by atoms with Crippen molar-refractivity contribution in [2.45, 2.75) is 43.4 Å². The van der Waals surface area contributed by atoms with E-state index >= 15 is 0 Å².